The number of rotatable bonds is 2. The largest absolute Gasteiger partial charge is 0.506 e. The monoisotopic (exact) mass is 718 g/mol. The quantitative estimate of drug-likeness (QED) is 0.168. The summed E-state index contributed by atoms with van der Waals surface area (Å²) in [5, 5.41) is 1.95. The van der Waals surface area contributed by atoms with Crippen molar-refractivity contribution in [3.05, 3.63) is 113 Å². The van der Waals surface area contributed by atoms with Gasteiger partial charge in [-0.05, 0) is 44.2 Å². The second-order valence-electron chi connectivity index (χ2n) is 11.5. The molecule has 6 rings (SSSR count). The van der Waals surface area contributed by atoms with Gasteiger partial charge in [0, 0.05) is 61.1 Å². The maximum absolute atomic E-state index is 5.71. The average molecular weight is 718 g/mol. The number of nitrogens with zero attached hydrogens (tertiary/aromatic N) is 3. The van der Waals surface area contributed by atoms with Crippen molar-refractivity contribution in [2.45, 2.75) is 60.8 Å². The standard InChI is InChI=1S/C21H19N2O.C15H16N.Ir/c1-13-6-5-10-22-18(13)16-12-14-9-11-24-20(14)19-15(16)7-8-17(23-19)21(2,3)4;1-10-5-6-14(7-11(10)2)15-8-12(3)13(4)9-16-15;/h5-11H,1-4H3;5,7-9H,1-4H3;/q2*-1;. The molecule has 0 atom stereocenters. The third-order valence-corrected chi connectivity index (χ3v) is 7.39. The number of aromatic nitrogens is 3. The van der Waals surface area contributed by atoms with E-state index in [0.717, 1.165) is 55.6 Å². The van der Waals surface area contributed by atoms with E-state index in [1.54, 1.807) is 6.26 Å². The van der Waals surface area contributed by atoms with E-state index in [0.29, 0.717) is 0 Å². The normalized spacial score (nSPS) is 11.2. The first-order chi connectivity index (χ1) is 19.0. The van der Waals surface area contributed by atoms with Crippen molar-refractivity contribution in [1.29, 1.82) is 0 Å². The van der Waals surface area contributed by atoms with Gasteiger partial charge in [-0.25, -0.2) is 0 Å². The Morgan fingerprint density at radius 3 is 2.24 bits per heavy atom. The summed E-state index contributed by atoms with van der Waals surface area (Å²) in [5.41, 5.74) is 12.9. The predicted octanol–water partition coefficient (Wildman–Crippen LogP) is 9.23. The molecular weight excluding hydrogens is 683 g/mol. The third-order valence-electron chi connectivity index (χ3n) is 7.39. The number of furan rings is 1. The SMILES string of the molecule is Cc1c[c-]c(-c2cc(C)c(C)cn2)cc1C.Cc1cccnc1-c1[c-]c2ccoc2c2nc(C(C)(C)C)ccc12.[Ir]. The van der Waals surface area contributed by atoms with Crippen molar-refractivity contribution >= 4 is 21.9 Å². The molecule has 0 bridgehead atoms. The van der Waals surface area contributed by atoms with Crippen molar-refractivity contribution in [3.8, 4) is 22.5 Å². The van der Waals surface area contributed by atoms with Crippen molar-refractivity contribution in [2.24, 2.45) is 0 Å². The Balaban J connectivity index is 0.000000200. The Hall–Kier alpha value is -3.66. The molecule has 4 heterocycles. The van der Waals surface area contributed by atoms with E-state index in [9.17, 15) is 0 Å². The molecule has 0 aliphatic heterocycles. The molecular formula is C36H35IrN3O-2. The second-order valence-corrected chi connectivity index (χ2v) is 11.5. The summed E-state index contributed by atoms with van der Waals surface area (Å²) in [6.07, 6.45) is 5.44. The molecule has 0 aliphatic carbocycles. The van der Waals surface area contributed by atoms with E-state index in [-0.39, 0.29) is 25.5 Å². The minimum atomic E-state index is -0.0201. The van der Waals surface area contributed by atoms with Gasteiger partial charge in [0.2, 0.25) is 0 Å². The van der Waals surface area contributed by atoms with Crippen LogP contribution in [0.1, 0.15) is 54.3 Å². The molecule has 4 nitrogen and oxygen atoms in total. The van der Waals surface area contributed by atoms with Crippen molar-refractivity contribution in [3.63, 3.8) is 0 Å². The van der Waals surface area contributed by atoms with Crippen LogP contribution in [0.2, 0.25) is 0 Å². The van der Waals surface area contributed by atoms with Crippen molar-refractivity contribution < 1.29 is 24.5 Å². The fourth-order valence-corrected chi connectivity index (χ4v) is 4.57. The van der Waals surface area contributed by atoms with E-state index in [1.165, 1.54) is 22.3 Å². The van der Waals surface area contributed by atoms with Crippen molar-refractivity contribution in [2.75, 3.05) is 0 Å². The van der Waals surface area contributed by atoms with Gasteiger partial charge in [-0.2, -0.15) is 0 Å². The van der Waals surface area contributed by atoms with E-state index >= 15 is 0 Å². The van der Waals surface area contributed by atoms with Gasteiger partial charge in [0.25, 0.3) is 0 Å². The number of pyridine rings is 3. The average Bonchev–Trinajstić information content (AvgIpc) is 3.40. The molecule has 41 heavy (non-hydrogen) atoms. The van der Waals surface area contributed by atoms with Gasteiger partial charge < -0.3 is 9.40 Å². The number of hydrogen-bond acceptors (Lipinski definition) is 4. The molecule has 5 heteroatoms. The first kappa shape index (κ1) is 30.3. The summed E-state index contributed by atoms with van der Waals surface area (Å²) in [5.74, 6) is 0. The fourth-order valence-electron chi connectivity index (χ4n) is 4.57. The maximum atomic E-state index is 5.71. The molecule has 0 amide bonds. The molecule has 4 aromatic heterocycles. The van der Waals surface area contributed by atoms with Crippen LogP contribution in [-0.4, -0.2) is 15.0 Å². The summed E-state index contributed by atoms with van der Waals surface area (Å²) >= 11 is 0. The molecule has 0 aliphatic rings. The Labute approximate surface area is 256 Å². The summed E-state index contributed by atoms with van der Waals surface area (Å²) in [6, 6.07) is 23.2. The Kier molecular flexibility index (Phi) is 8.91. The fraction of sp³-hybridized carbons (Fsp3) is 0.250. The first-order valence-electron chi connectivity index (χ1n) is 13.6. The van der Waals surface area contributed by atoms with Crippen molar-refractivity contribution in [1.82, 2.24) is 15.0 Å². The summed E-state index contributed by atoms with van der Waals surface area (Å²) < 4.78 is 5.71. The summed E-state index contributed by atoms with van der Waals surface area (Å²) in [6.45, 7) is 17.0. The van der Waals surface area contributed by atoms with Crippen LogP contribution in [0.4, 0.5) is 0 Å². The molecule has 0 unspecified atom stereocenters. The van der Waals surface area contributed by atoms with E-state index in [4.69, 9.17) is 9.40 Å². The minimum absolute atomic E-state index is 0. The van der Waals surface area contributed by atoms with E-state index < -0.39 is 0 Å². The van der Waals surface area contributed by atoms with Crippen LogP contribution < -0.4 is 0 Å². The van der Waals surface area contributed by atoms with Crippen LogP contribution in [-0.2, 0) is 25.5 Å². The van der Waals surface area contributed by atoms with Gasteiger partial charge >= 0.3 is 0 Å². The van der Waals surface area contributed by atoms with Crippen LogP contribution in [0.15, 0.2) is 71.6 Å². The number of aryl methyl sites for hydroxylation is 5. The van der Waals surface area contributed by atoms with Gasteiger partial charge in [0.15, 0.2) is 0 Å². The van der Waals surface area contributed by atoms with Gasteiger partial charge in [-0.1, -0.05) is 86.3 Å². The first-order valence-corrected chi connectivity index (χ1v) is 13.6. The van der Waals surface area contributed by atoms with Gasteiger partial charge in [0.1, 0.15) is 0 Å². The number of benzene rings is 2. The van der Waals surface area contributed by atoms with Crippen LogP contribution in [0.3, 0.4) is 0 Å². The van der Waals surface area contributed by atoms with Crippen LogP contribution in [0.5, 0.6) is 0 Å². The molecule has 1 radical (unpaired) electrons. The predicted molar refractivity (Wildman–Crippen MR) is 164 cm³/mol. The minimum Gasteiger partial charge on any atom is -0.506 e. The summed E-state index contributed by atoms with van der Waals surface area (Å²) in [7, 11) is 0. The zero-order valence-corrected chi connectivity index (χ0v) is 27.3. The zero-order valence-electron chi connectivity index (χ0n) is 24.9. The molecule has 6 aromatic rings. The van der Waals surface area contributed by atoms with E-state index in [2.05, 4.69) is 108 Å². The third kappa shape index (κ3) is 6.32. The topological polar surface area (TPSA) is 51.8 Å². The molecule has 0 saturated heterocycles. The van der Waals surface area contributed by atoms with Crippen LogP contribution in [0, 0.1) is 46.8 Å². The molecule has 0 saturated carbocycles. The molecule has 0 spiro atoms. The zero-order chi connectivity index (χ0) is 28.6. The summed E-state index contributed by atoms with van der Waals surface area (Å²) in [4.78, 5) is 13.9. The second kappa shape index (κ2) is 12.1. The van der Waals surface area contributed by atoms with Gasteiger partial charge in [0.05, 0.1) is 5.58 Å². The number of hydrogen-bond donors (Lipinski definition) is 0. The number of fused-ring (bicyclic) bond motifs is 3. The maximum Gasteiger partial charge on any atom is 0.0847 e. The molecule has 0 fully saturated rings. The molecule has 2 aromatic carbocycles. The molecule has 211 valence electrons. The van der Waals surface area contributed by atoms with Crippen LogP contribution >= 0.6 is 0 Å². The van der Waals surface area contributed by atoms with E-state index in [1.807, 2.05) is 30.6 Å². The Morgan fingerprint density at radius 2 is 1.56 bits per heavy atom. The smallest absolute Gasteiger partial charge is 0.0847 e. The Morgan fingerprint density at radius 1 is 0.805 bits per heavy atom. The Bertz CT molecular complexity index is 1800. The van der Waals surface area contributed by atoms with Gasteiger partial charge in [-0.15, -0.1) is 41.0 Å². The van der Waals surface area contributed by atoms with Crippen LogP contribution in [0.25, 0.3) is 44.4 Å². The molecule has 0 N–H and O–H groups in total. The van der Waals surface area contributed by atoms with Gasteiger partial charge in [-0.3, -0.25) is 9.97 Å².